The molecule has 1 aliphatic carbocycles. The molecule has 2 aliphatic rings. The van der Waals surface area contributed by atoms with Crippen LogP contribution in [-0.2, 0) is 19.1 Å². The molecule has 0 aromatic heterocycles. The zero-order chi connectivity index (χ0) is 21.8. The summed E-state index contributed by atoms with van der Waals surface area (Å²) in [5.41, 5.74) is 2.94. The lowest BCUT2D eigenvalue weighted by Gasteiger charge is -2.23. The molecular formula is C24H34N2O4. The Bertz CT molecular complexity index is 770. The molecule has 1 N–H and O–H groups in total. The van der Waals surface area contributed by atoms with Crippen LogP contribution in [0.5, 0.6) is 0 Å². The van der Waals surface area contributed by atoms with E-state index in [0.29, 0.717) is 6.54 Å². The zero-order valence-electron chi connectivity index (χ0n) is 18.6. The molecule has 1 saturated heterocycles. The third kappa shape index (κ3) is 5.02. The highest BCUT2D eigenvalue weighted by Crippen LogP contribution is 2.32. The number of nitrogens with zero attached hydrogens (tertiary/aromatic N) is 1. The summed E-state index contributed by atoms with van der Waals surface area (Å²) in [6, 6.07) is 6.30. The molecule has 1 heterocycles. The van der Waals surface area contributed by atoms with Gasteiger partial charge in [0.2, 0.25) is 5.91 Å². The molecule has 2 amide bonds. The van der Waals surface area contributed by atoms with Gasteiger partial charge in [0.25, 0.3) is 5.91 Å². The van der Waals surface area contributed by atoms with Gasteiger partial charge in [-0.3, -0.25) is 14.4 Å². The van der Waals surface area contributed by atoms with E-state index in [1.807, 2.05) is 23.1 Å². The Morgan fingerprint density at radius 2 is 1.70 bits per heavy atom. The van der Waals surface area contributed by atoms with Gasteiger partial charge in [0.05, 0.1) is 5.92 Å². The van der Waals surface area contributed by atoms with Gasteiger partial charge in [-0.15, -0.1) is 0 Å². The minimum Gasteiger partial charge on any atom is -0.455 e. The molecule has 2 fully saturated rings. The predicted molar refractivity (Wildman–Crippen MR) is 116 cm³/mol. The maximum absolute atomic E-state index is 12.6. The summed E-state index contributed by atoms with van der Waals surface area (Å²) < 4.78 is 5.29. The first kappa shape index (κ1) is 22.3. The van der Waals surface area contributed by atoms with Crippen LogP contribution in [0.3, 0.4) is 0 Å². The standard InChI is InChI=1S/C24H34N2O4/c1-15(2)19-10-7-11-20(16(3)4)23(19)25-21(27)14-30-24(29)17-12-22(28)26(13-17)18-8-5-6-9-18/h7,10-11,15-18H,5-6,8-9,12-14H2,1-4H3,(H,25,27)/t17-/m1/s1. The Labute approximate surface area is 179 Å². The lowest BCUT2D eigenvalue weighted by molar-refractivity contribution is -0.151. The van der Waals surface area contributed by atoms with Crippen molar-refractivity contribution in [1.29, 1.82) is 0 Å². The molecule has 0 unspecified atom stereocenters. The Morgan fingerprint density at radius 3 is 2.27 bits per heavy atom. The van der Waals surface area contributed by atoms with E-state index in [0.717, 1.165) is 42.5 Å². The first-order chi connectivity index (χ1) is 14.3. The van der Waals surface area contributed by atoms with Crippen molar-refractivity contribution in [3.05, 3.63) is 29.3 Å². The molecule has 1 atom stereocenters. The molecule has 0 bridgehead atoms. The Morgan fingerprint density at radius 1 is 1.10 bits per heavy atom. The summed E-state index contributed by atoms with van der Waals surface area (Å²) in [7, 11) is 0. The van der Waals surface area contributed by atoms with Crippen molar-refractivity contribution >= 4 is 23.5 Å². The second-order valence-electron chi connectivity index (χ2n) is 9.16. The van der Waals surface area contributed by atoms with Crippen molar-refractivity contribution in [2.24, 2.45) is 5.92 Å². The number of benzene rings is 1. The average Bonchev–Trinajstić information content (AvgIpc) is 3.35. The van der Waals surface area contributed by atoms with Crippen LogP contribution in [0.1, 0.15) is 82.8 Å². The lowest BCUT2D eigenvalue weighted by atomic mass is 9.92. The van der Waals surface area contributed by atoms with E-state index in [-0.39, 0.29) is 42.7 Å². The molecule has 6 nitrogen and oxygen atoms in total. The highest BCUT2D eigenvalue weighted by molar-refractivity contribution is 5.95. The second-order valence-corrected chi connectivity index (χ2v) is 9.16. The topological polar surface area (TPSA) is 75.7 Å². The van der Waals surface area contributed by atoms with Crippen LogP contribution in [0, 0.1) is 5.92 Å². The summed E-state index contributed by atoms with van der Waals surface area (Å²) in [5, 5.41) is 2.96. The molecule has 0 spiro atoms. The van der Waals surface area contributed by atoms with Gasteiger partial charge in [0, 0.05) is 24.7 Å². The molecule has 0 radical (unpaired) electrons. The number of ether oxygens (including phenoxy) is 1. The largest absolute Gasteiger partial charge is 0.455 e. The minimum absolute atomic E-state index is 0.0285. The van der Waals surface area contributed by atoms with E-state index in [2.05, 4.69) is 33.0 Å². The highest BCUT2D eigenvalue weighted by atomic mass is 16.5. The van der Waals surface area contributed by atoms with E-state index in [9.17, 15) is 14.4 Å². The van der Waals surface area contributed by atoms with Gasteiger partial charge >= 0.3 is 5.97 Å². The number of nitrogens with one attached hydrogen (secondary N) is 1. The van der Waals surface area contributed by atoms with Crippen LogP contribution in [-0.4, -0.2) is 41.9 Å². The third-order valence-electron chi connectivity index (χ3n) is 6.24. The maximum Gasteiger partial charge on any atom is 0.311 e. The van der Waals surface area contributed by atoms with Crippen LogP contribution in [0.4, 0.5) is 5.69 Å². The summed E-state index contributed by atoms with van der Waals surface area (Å²) >= 11 is 0. The Hall–Kier alpha value is -2.37. The first-order valence-electron chi connectivity index (χ1n) is 11.2. The number of hydrogen-bond acceptors (Lipinski definition) is 4. The Balaban J connectivity index is 1.57. The number of carbonyl (C=O) groups is 3. The number of hydrogen-bond donors (Lipinski definition) is 1. The molecule has 1 aromatic rings. The third-order valence-corrected chi connectivity index (χ3v) is 6.24. The van der Waals surface area contributed by atoms with E-state index in [1.54, 1.807) is 0 Å². The molecule has 164 valence electrons. The normalized spacial score (nSPS) is 19.7. The Kier molecular flexibility index (Phi) is 7.16. The van der Waals surface area contributed by atoms with Crippen molar-refractivity contribution in [2.75, 3.05) is 18.5 Å². The number of carbonyl (C=O) groups excluding carboxylic acids is 3. The fraction of sp³-hybridized carbons (Fsp3) is 0.625. The minimum atomic E-state index is -0.472. The van der Waals surface area contributed by atoms with E-state index in [1.165, 1.54) is 0 Å². The van der Waals surface area contributed by atoms with Crippen molar-refractivity contribution in [1.82, 2.24) is 4.90 Å². The summed E-state index contributed by atoms with van der Waals surface area (Å²) in [6.45, 7) is 8.42. The zero-order valence-corrected chi connectivity index (χ0v) is 18.6. The molecular weight excluding hydrogens is 380 g/mol. The number of esters is 1. The average molecular weight is 415 g/mol. The predicted octanol–water partition coefficient (Wildman–Crippen LogP) is 4.21. The molecule has 30 heavy (non-hydrogen) atoms. The monoisotopic (exact) mass is 414 g/mol. The SMILES string of the molecule is CC(C)c1cccc(C(C)C)c1NC(=O)COC(=O)[C@@H]1CC(=O)N(C2CCCC2)C1. The molecule has 1 aromatic carbocycles. The van der Waals surface area contributed by atoms with Crippen molar-refractivity contribution in [2.45, 2.75) is 77.7 Å². The van der Waals surface area contributed by atoms with Crippen molar-refractivity contribution in [3.63, 3.8) is 0 Å². The van der Waals surface area contributed by atoms with Gasteiger partial charge in [-0.2, -0.15) is 0 Å². The smallest absolute Gasteiger partial charge is 0.311 e. The van der Waals surface area contributed by atoms with Gasteiger partial charge in [-0.05, 0) is 35.8 Å². The highest BCUT2D eigenvalue weighted by Gasteiger charge is 2.39. The van der Waals surface area contributed by atoms with Gasteiger partial charge in [-0.25, -0.2) is 0 Å². The summed E-state index contributed by atoms with van der Waals surface area (Å²) in [5.74, 6) is -0.739. The summed E-state index contributed by atoms with van der Waals surface area (Å²) in [4.78, 5) is 39.2. The number of amides is 2. The fourth-order valence-electron chi connectivity index (χ4n) is 4.58. The van der Waals surface area contributed by atoms with Crippen LogP contribution in [0.15, 0.2) is 18.2 Å². The maximum atomic E-state index is 12.6. The molecule has 6 heteroatoms. The van der Waals surface area contributed by atoms with Crippen LogP contribution < -0.4 is 5.32 Å². The van der Waals surface area contributed by atoms with Crippen LogP contribution in [0.25, 0.3) is 0 Å². The number of anilines is 1. The first-order valence-corrected chi connectivity index (χ1v) is 11.2. The van der Waals surface area contributed by atoms with Crippen LogP contribution >= 0.6 is 0 Å². The van der Waals surface area contributed by atoms with E-state index >= 15 is 0 Å². The van der Waals surface area contributed by atoms with Crippen LogP contribution in [0.2, 0.25) is 0 Å². The van der Waals surface area contributed by atoms with Crippen molar-refractivity contribution in [3.8, 4) is 0 Å². The number of para-hydroxylation sites is 1. The molecule has 1 aliphatic heterocycles. The lowest BCUT2D eigenvalue weighted by Crippen LogP contribution is -2.35. The van der Waals surface area contributed by atoms with E-state index in [4.69, 9.17) is 4.74 Å². The number of likely N-dealkylation sites (tertiary alicyclic amines) is 1. The van der Waals surface area contributed by atoms with Gasteiger partial charge in [-0.1, -0.05) is 58.7 Å². The fourth-order valence-corrected chi connectivity index (χ4v) is 4.58. The summed E-state index contributed by atoms with van der Waals surface area (Å²) in [6.07, 6.45) is 4.50. The molecule has 3 rings (SSSR count). The van der Waals surface area contributed by atoms with Gasteiger partial charge in [0.1, 0.15) is 0 Å². The second kappa shape index (κ2) is 9.63. The number of rotatable bonds is 7. The van der Waals surface area contributed by atoms with Gasteiger partial charge in [0.15, 0.2) is 6.61 Å². The quantitative estimate of drug-likeness (QED) is 0.678. The van der Waals surface area contributed by atoms with Crippen molar-refractivity contribution < 1.29 is 19.1 Å². The van der Waals surface area contributed by atoms with E-state index < -0.39 is 11.9 Å². The van der Waals surface area contributed by atoms with Gasteiger partial charge < -0.3 is 15.0 Å². The molecule has 1 saturated carbocycles.